The van der Waals surface area contributed by atoms with Gasteiger partial charge in [0, 0.05) is 98.6 Å². The van der Waals surface area contributed by atoms with Crippen LogP contribution in [0.2, 0.25) is 0 Å². The van der Waals surface area contributed by atoms with Crippen LogP contribution in [0, 0.1) is 0 Å². The van der Waals surface area contributed by atoms with Gasteiger partial charge >= 0.3 is 0 Å². The minimum atomic E-state index is -0.337. The van der Waals surface area contributed by atoms with E-state index in [0.29, 0.717) is 13.0 Å². The molecule has 0 saturated heterocycles. The van der Waals surface area contributed by atoms with Gasteiger partial charge in [-0.3, -0.25) is 0 Å². The first-order chi connectivity index (χ1) is 66.3. The Kier molecular flexibility index (Phi) is 20.7. The summed E-state index contributed by atoms with van der Waals surface area (Å²) in [5.41, 5.74) is 41.3. The highest BCUT2D eigenvalue weighted by molar-refractivity contribution is 7.26. The third kappa shape index (κ3) is 15.2. The van der Waals surface area contributed by atoms with Crippen molar-refractivity contribution < 1.29 is 4.42 Å². The van der Waals surface area contributed by atoms with Gasteiger partial charge in [-0.05, 0) is 282 Å². The Bertz CT molecular complexity index is 8260. The van der Waals surface area contributed by atoms with Crippen molar-refractivity contribution >= 4 is 149 Å². The largest absolute Gasteiger partial charge is 0.456 e. The number of aromatic nitrogens is 2. The number of furan rings is 1. The summed E-state index contributed by atoms with van der Waals surface area (Å²) >= 11 is 1.90. The molecule has 0 saturated carbocycles. The standard InChI is InChI=1S/C132H123BN4OS/c1-126(2,3)86-52-59-110-104(69-86)105-70-87(127(4,5)6)53-60-111(105)135(110)93-56-57-108-115(77-93)137(125-100(81-39-27-23-28-40-81)73-91(131(16,17)18)74-101(125)82-41-29-24-30-42-82)117-79-94(136-112-61-54-88(128(7,8)9)71-106(112)107-72-89(129(10,11)12)55-62-113(107)136)78-116-124(117)133(108)109-68-83(85-65-84(80-37-25-22-26-38-80)66-90(67-85)130(13,14)15)51-58-114(109)134(116)64-63-95-102(96-45-35-48-119-122(96)98-43-31-33-47-118(98)138-119)75-92(132(19,20)21)76-103(95)97-46-36-50-121-123(97)99-44-32-34-49-120(99)139-121/h22-62,65-79H,63-64H2,1-21H3. The van der Waals surface area contributed by atoms with Gasteiger partial charge < -0.3 is 23.4 Å². The van der Waals surface area contributed by atoms with E-state index in [1.807, 2.05) is 11.3 Å². The molecule has 7 heteroatoms. The van der Waals surface area contributed by atoms with Gasteiger partial charge in [-0.15, -0.1) is 11.3 Å². The Morgan fingerprint density at radius 1 is 0.259 bits per heavy atom. The molecule has 686 valence electrons. The summed E-state index contributed by atoms with van der Waals surface area (Å²) in [7, 11) is 0. The SMILES string of the molecule is CC(C)(C)c1cc(-c2ccccc2)cc(-c2ccc3c(c2)B2c4ccc(-n5c6ccc(C(C)(C)C)cc6c6cc(C(C)(C)C)ccc65)cc4N(c4c(-c5ccccc5)cc(C(C)(C)C)cc4-c4ccccc4)c4cc(-n5c6ccc(C(C)(C)C)cc6c6cc(C(C)(C)C)ccc65)cc(c42)N3CCc2c(-c3cccc4oc5ccccc5c34)cc(C(C)(C)C)cc2-c2cccc3sc4ccccc4c23)c1. The number of para-hydroxylation sites is 1. The van der Waals surface area contributed by atoms with Gasteiger partial charge in [-0.2, -0.15) is 0 Å². The average molecular weight is 1820 g/mol. The van der Waals surface area contributed by atoms with E-state index < -0.39 is 0 Å². The van der Waals surface area contributed by atoms with Crippen LogP contribution in [-0.4, -0.2) is 22.4 Å². The molecular weight excluding hydrogens is 1700 g/mol. The van der Waals surface area contributed by atoms with Gasteiger partial charge in [0.25, 0.3) is 6.71 Å². The molecule has 17 aromatic carbocycles. The highest BCUT2D eigenvalue weighted by Crippen LogP contribution is 2.56. The van der Waals surface area contributed by atoms with E-state index in [0.717, 1.165) is 94.9 Å². The first-order valence-corrected chi connectivity index (χ1v) is 50.9. The lowest BCUT2D eigenvalue weighted by Crippen LogP contribution is -2.62. The predicted molar refractivity (Wildman–Crippen MR) is 602 cm³/mol. The molecule has 0 radical (unpaired) electrons. The topological polar surface area (TPSA) is 29.5 Å². The summed E-state index contributed by atoms with van der Waals surface area (Å²) in [5.74, 6) is 0. The predicted octanol–water partition coefficient (Wildman–Crippen LogP) is 35.2. The normalized spacial score (nSPS) is 13.4. The highest BCUT2D eigenvalue weighted by Gasteiger charge is 2.46. The van der Waals surface area contributed by atoms with Gasteiger partial charge in [0.2, 0.25) is 0 Å². The Balaban J connectivity index is 0.891. The van der Waals surface area contributed by atoms with E-state index in [-0.39, 0.29) is 44.6 Å². The zero-order chi connectivity index (χ0) is 96.4. The highest BCUT2D eigenvalue weighted by atomic mass is 32.1. The van der Waals surface area contributed by atoms with Gasteiger partial charge in [-0.1, -0.05) is 364 Å². The number of anilines is 5. The molecule has 6 heterocycles. The maximum atomic E-state index is 6.99. The van der Waals surface area contributed by atoms with Crippen molar-refractivity contribution in [2.45, 2.75) is 190 Å². The molecule has 0 atom stereocenters. The Morgan fingerprint density at radius 2 is 0.683 bits per heavy atom. The van der Waals surface area contributed by atoms with Crippen molar-refractivity contribution in [3.8, 4) is 78.1 Å². The van der Waals surface area contributed by atoms with Crippen molar-refractivity contribution in [1.82, 2.24) is 9.13 Å². The molecule has 139 heavy (non-hydrogen) atoms. The number of rotatable bonds is 12. The van der Waals surface area contributed by atoms with E-state index in [1.54, 1.807) is 0 Å². The Hall–Kier alpha value is -14.0. The van der Waals surface area contributed by atoms with E-state index in [4.69, 9.17) is 4.42 Å². The first kappa shape index (κ1) is 89.0. The minimum Gasteiger partial charge on any atom is -0.456 e. The summed E-state index contributed by atoms with van der Waals surface area (Å²) in [6, 6.07) is 133. The lowest BCUT2D eigenvalue weighted by atomic mass is 9.33. The fourth-order valence-corrected chi connectivity index (χ4v) is 23.7. The van der Waals surface area contributed by atoms with Crippen LogP contribution < -0.4 is 26.2 Å². The lowest BCUT2D eigenvalue weighted by Gasteiger charge is -2.46. The molecule has 0 fully saturated rings. The Labute approximate surface area is 824 Å². The maximum absolute atomic E-state index is 6.99. The smallest absolute Gasteiger partial charge is 0.252 e. The zero-order valence-corrected chi connectivity index (χ0v) is 85.2. The van der Waals surface area contributed by atoms with Gasteiger partial charge in [0.1, 0.15) is 11.2 Å². The van der Waals surface area contributed by atoms with Crippen LogP contribution in [0.1, 0.15) is 190 Å². The fraction of sp³-hybridized carbons (Fsp3) is 0.227. The van der Waals surface area contributed by atoms with E-state index in [2.05, 4.69) is 504 Å². The zero-order valence-electron chi connectivity index (χ0n) is 84.4. The second-order valence-corrected chi connectivity index (χ2v) is 47.9. The molecular formula is C132H123BN4OS. The van der Waals surface area contributed by atoms with Crippen LogP contribution in [0.5, 0.6) is 0 Å². The van der Waals surface area contributed by atoms with Crippen molar-refractivity contribution in [2.75, 3.05) is 16.3 Å². The summed E-state index contributed by atoms with van der Waals surface area (Å²) in [5, 5.41) is 9.79. The summed E-state index contributed by atoms with van der Waals surface area (Å²) in [6.45, 7) is 50.0. The second-order valence-electron chi connectivity index (χ2n) is 46.9. The van der Waals surface area contributed by atoms with Crippen LogP contribution in [-0.2, 0) is 44.3 Å². The number of fused-ring (bicyclic) bond motifs is 16. The maximum Gasteiger partial charge on any atom is 0.252 e. The molecule has 0 aliphatic carbocycles. The van der Waals surface area contributed by atoms with Crippen LogP contribution in [0.25, 0.3) is 164 Å². The van der Waals surface area contributed by atoms with Crippen LogP contribution in [0.3, 0.4) is 0 Å². The molecule has 4 aromatic heterocycles. The molecule has 2 aliphatic rings. The third-order valence-electron chi connectivity index (χ3n) is 30.3. The van der Waals surface area contributed by atoms with Crippen molar-refractivity contribution in [3.63, 3.8) is 0 Å². The van der Waals surface area contributed by atoms with E-state index in [9.17, 15) is 0 Å². The first-order valence-electron chi connectivity index (χ1n) is 50.1. The molecule has 23 rings (SSSR count). The minimum absolute atomic E-state index is 0.101. The number of nitrogens with zero attached hydrogens (tertiary/aromatic N) is 4. The van der Waals surface area contributed by atoms with E-state index in [1.165, 1.54) is 158 Å². The van der Waals surface area contributed by atoms with Gasteiger partial charge in [0.05, 0.1) is 33.4 Å². The van der Waals surface area contributed by atoms with Gasteiger partial charge in [0.15, 0.2) is 0 Å². The van der Waals surface area contributed by atoms with Crippen LogP contribution in [0.15, 0.2) is 344 Å². The average Bonchev–Trinajstić information content (AvgIpc) is 1.64. The van der Waals surface area contributed by atoms with Gasteiger partial charge in [-0.25, -0.2) is 0 Å². The summed E-state index contributed by atoms with van der Waals surface area (Å²) in [4.78, 5) is 5.62. The van der Waals surface area contributed by atoms with Crippen LogP contribution >= 0.6 is 11.3 Å². The number of benzene rings is 17. The molecule has 5 nitrogen and oxygen atoms in total. The van der Waals surface area contributed by atoms with Crippen molar-refractivity contribution in [1.29, 1.82) is 0 Å². The quantitative estimate of drug-likeness (QED) is 0.114. The molecule has 21 aromatic rings. The third-order valence-corrected chi connectivity index (χ3v) is 31.5. The summed E-state index contributed by atoms with van der Waals surface area (Å²) in [6.07, 6.45) is 0.640. The Morgan fingerprint density at radius 3 is 1.21 bits per heavy atom. The van der Waals surface area contributed by atoms with E-state index >= 15 is 0 Å². The lowest BCUT2D eigenvalue weighted by molar-refractivity contribution is 0.590. The van der Waals surface area contributed by atoms with Crippen molar-refractivity contribution in [2.24, 2.45) is 0 Å². The molecule has 0 bridgehead atoms. The van der Waals surface area contributed by atoms with Crippen molar-refractivity contribution in [3.05, 3.63) is 384 Å². The molecule has 2 aliphatic heterocycles. The second kappa shape index (κ2) is 32.3. The number of thiophene rings is 1. The fourth-order valence-electron chi connectivity index (χ4n) is 22.5. The monoisotopic (exact) mass is 1820 g/mol. The molecule has 0 spiro atoms. The number of hydrogen-bond donors (Lipinski definition) is 0. The molecule has 0 amide bonds. The molecule has 0 unspecified atom stereocenters. The van der Waals surface area contributed by atoms with Crippen LogP contribution in [0.4, 0.5) is 28.4 Å². The summed E-state index contributed by atoms with van der Waals surface area (Å²) < 4.78 is 14.8. The molecule has 0 N–H and O–H groups in total. The number of hydrogen-bond acceptors (Lipinski definition) is 4.